The van der Waals surface area contributed by atoms with Crippen molar-refractivity contribution >= 4 is 13.7 Å². The molecule has 0 aromatic carbocycles. The molecule has 3 unspecified atom stereocenters. The normalized spacial score (nSPS) is 15.3. The zero-order valence-corrected chi connectivity index (χ0v) is 29.7. The molecule has 44 heavy (non-hydrogen) atoms. The molecule has 0 bridgehead atoms. The number of aliphatic hydroxyl groups is 1. The van der Waals surface area contributed by atoms with Gasteiger partial charge in [-0.15, -0.1) is 0 Å². The summed E-state index contributed by atoms with van der Waals surface area (Å²) in [5, 5.41) is 13.6. The zero-order chi connectivity index (χ0) is 32.9. The van der Waals surface area contributed by atoms with E-state index in [1.165, 1.54) is 70.6 Å². The van der Waals surface area contributed by atoms with Crippen LogP contribution in [-0.4, -0.2) is 68.5 Å². The van der Waals surface area contributed by atoms with E-state index in [0.717, 1.165) is 32.1 Å². The Bertz CT molecular complexity index is 825. The smallest absolute Gasteiger partial charge is 0.268 e. The number of hydrogen-bond acceptors (Lipinski definition) is 6. The number of amides is 1. The van der Waals surface area contributed by atoms with Crippen molar-refractivity contribution in [3.8, 4) is 0 Å². The Balaban J connectivity index is 4.71. The fraction of sp³-hybridized carbons (Fsp3) is 0.800. The molecule has 0 aromatic rings. The lowest BCUT2D eigenvalue weighted by Gasteiger charge is -2.29. The fourth-order valence-electron chi connectivity index (χ4n) is 4.46. The van der Waals surface area contributed by atoms with Gasteiger partial charge in [0.05, 0.1) is 39.9 Å². The van der Waals surface area contributed by atoms with Gasteiger partial charge in [-0.2, -0.15) is 0 Å². The Hall–Kier alpha value is -1.28. The van der Waals surface area contributed by atoms with Gasteiger partial charge in [0, 0.05) is 6.42 Å². The summed E-state index contributed by atoms with van der Waals surface area (Å²) in [6, 6.07) is -0.912. The van der Waals surface area contributed by atoms with Crippen LogP contribution in [0.25, 0.3) is 0 Å². The lowest BCUT2D eigenvalue weighted by atomic mass is 10.1. The van der Waals surface area contributed by atoms with Crippen LogP contribution in [0.15, 0.2) is 36.5 Å². The van der Waals surface area contributed by atoms with E-state index in [2.05, 4.69) is 43.5 Å². The van der Waals surface area contributed by atoms with Crippen molar-refractivity contribution in [1.82, 2.24) is 5.32 Å². The summed E-state index contributed by atoms with van der Waals surface area (Å²) in [5.74, 6) is -0.248. The molecule has 1 amide bonds. The maximum atomic E-state index is 12.6. The Labute approximate surface area is 270 Å². The van der Waals surface area contributed by atoms with Crippen LogP contribution >= 0.6 is 7.82 Å². The number of likely N-dealkylation sites (N-methyl/N-ethyl adjacent to an activating group) is 1. The van der Waals surface area contributed by atoms with Crippen LogP contribution < -0.4 is 10.2 Å². The maximum Gasteiger partial charge on any atom is 0.268 e. The van der Waals surface area contributed by atoms with Crippen molar-refractivity contribution in [2.24, 2.45) is 0 Å². The predicted octanol–water partition coefficient (Wildman–Crippen LogP) is 7.77. The Morgan fingerprint density at radius 2 is 1.27 bits per heavy atom. The molecule has 0 aliphatic carbocycles. The van der Waals surface area contributed by atoms with Gasteiger partial charge in [0.2, 0.25) is 5.91 Å². The van der Waals surface area contributed by atoms with Crippen LogP contribution in [0.4, 0.5) is 0 Å². The van der Waals surface area contributed by atoms with Gasteiger partial charge in [0.1, 0.15) is 13.2 Å². The minimum absolute atomic E-state index is 0.0115. The lowest BCUT2D eigenvalue weighted by Crippen LogP contribution is -2.45. The third kappa shape index (κ3) is 29.4. The second-order valence-corrected chi connectivity index (χ2v) is 14.3. The number of nitrogens with zero attached hydrogens (tertiary/aromatic N) is 1. The van der Waals surface area contributed by atoms with E-state index in [9.17, 15) is 19.4 Å². The molecular weight excluding hydrogens is 575 g/mol. The van der Waals surface area contributed by atoms with Gasteiger partial charge in [0.25, 0.3) is 7.82 Å². The molecule has 0 spiro atoms. The van der Waals surface area contributed by atoms with E-state index in [0.29, 0.717) is 17.4 Å². The van der Waals surface area contributed by atoms with Gasteiger partial charge in [-0.3, -0.25) is 9.36 Å². The molecule has 0 rings (SSSR count). The minimum Gasteiger partial charge on any atom is -0.756 e. The molecule has 3 atom stereocenters. The number of nitrogens with one attached hydrogen (secondary N) is 1. The number of quaternary nitrogens is 1. The average molecular weight is 643 g/mol. The Kier molecular flexibility index (Phi) is 27.2. The highest BCUT2D eigenvalue weighted by molar-refractivity contribution is 7.45. The highest BCUT2D eigenvalue weighted by Crippen LogP contribution is 2.38. The molecular formula is C35H67N2O6P. The van der Waals surface area contributed by atoms with Gasteiger partial charge >= 0.3 is 0 Å². The second kappa shape index (κ2) is 28.0. The monoisotopic (exact) mass is 642 g/mol. The number of allylic oxidation sites excluding steroid dienone is 5. The van der Waals surface area contributed by atoms with Crippen molar-refractivity contribution < 1.29 is 32.9 Å². The molecule has 0 saturated carbocycles. The molecule has 2 N–H and O–H groups in total. The Morgan fingerprint density at radius 1 is 0.773 bits per heavy atom. The van der Waals surface area contributed by atoms with Gasteiger partial charge in [-0.25, -0.2) is 0 Å². The molecule has 0 heterocycles. The van der Waals surface area contributed by atoms with Crippen molar-refractivity contribution in [1.29, 1.82) is 0 Å². The van der Waals surface area contributed by atoms with Gasteiger partial charge < -0.3 is 28.8 Å². The van der Waals surface area contributed by atoms with E-state index in [-0.39, 0.29) is 18.9 Å². The number of aliphatic hydroxyl groups excluding tert-OH is 1. The summed E-state index contributed by atoms with van der Waals surface area (Å²) in [6.07, 6.45) is 30.6. The first kappa shape index (κ1) is 42.7. The first-order valence-electron chi connectivity index (χ1n) is 17.4. The first-order chi connectivity index (χ1) is 21.0. The topological polar surface area (TPSA) is 108 Å². The third-order valence-corrected chi connectivity index (χ3v) is 8.29. The van der Waals surface area contributed by atoms with E-state index in [4.69, 9.17) is 9.05 Å². The Morgan fingerprint density at radius 3 is 1.86 bits per heavy atom. The molecule has 0 aliphatic rings. The molecule has 258 valence electrons. The summed E-state index contributed by atoms with van der Waals surface area (Å²) < 4.78 is 22.9. The molecule has 9 heteroatoms. The average Bonchev–Trinajstić information content (AvgIpc) is 2.95. The summed E-state index contributed by atoms with van der Waals surface area (Å²) in [7, 11) is 1.22. The van der Waals surface area contributed by atoms with Crippen LogP contribution in [0.2, 0.25) is 0 Å². The molecule has 0 fully saturated rings. The number of phosphoric acid groups is 1. The number of phosphoric ester groups is 1. The molecule has 0 radical (unpaired) electrons. The van der Waals surface area contributed by atoms with Gasteiger partial charge in [-0.05, 0) is 51.4 Å². The first-order valence-corrected chi connectivity index (χ1v) is 18.8. The van der Waals surface area contributed by atoms with Crippen LogP contribution in [-0.2, 0) is 18.4 Å². The van der Waals surface area contributed by atoms with Crippen LogP contribution in [0.3, 0.4) is 0 Å². The van der Waals surface area contributed by atoms with Crippen molar-refractivity contribution in [2.45, 2.75) is 142 Å². The van der Waals surface area contributed by atoms with Gasteiger partial charge in [0.15, 0.2) is 0 Å². The van der Waals surface area contributed by atoms with Gasteiger partial charge in [-0.1, -0.05) is 108 Å². The number of carbonyl (C=O) groups is 1. The number of carbonyl (C=O) groups excluding carboxylic acids is 1. The summed E-state index contributed by atoms with van der Waals surface area (Å²) in [5.41, 5.74) is 0. The van der Waals surface area contributed by atoms with Crippen molar-refractivity contribution in [3.63, 3.8) is 0 Å². The second-order valence-electron chi connectivity index (χ2n) is 12.9. The number of rotatable bonds is 30. The number of unbranched alkanes of at least 4 members (excludes halogenated alkanes) is 13. The maximum absolute atomic E-state index is 12.6. The summed E-state index contributed by atoms with van der Waals surface area (Å²) in [4.78, 5) is 25.0. The zero-order valence-electron chi connectivity index (χ0n) is 28.9. The summed E-state index contributed by atoms with van der Waals surface area (Å²) >= 11 is 0. The SMILES string of the molecule is CCCCCC/C=C\CCCC(=O)NC(COP(=O)([O-])OCC[N+](C)(C)C)C(O)/C=C/CC/C=C/CCCCCCCCC. The molecule has 0 saturated heterocycles. The van der Waals surface area contributed by atoms with Crippen LogP contribution in [0.5, 0.6) is 0 Å². The van der Waals surface area contributed by atoms with Crippen LogP contribution in [0.1, 0.15) is 129 Å². The number of hydrogen-bond donors (Lipinski definition) is 2. The molecule has 8 nitrogen and oxygen atoms in total. The van der Waals surface area contributed by atoms with E-state index in [1.54, 1.807) is 6.08 Å². The fourth-order valence-corrected chi connectivity index (χ4v) is 5.19. The quantitative estimate of drug-likeness (QED) is 0.0359. The third-order valence-electron chi connectivity index (χ3n) is 7.32. The van der Waals surface area contributed by atoms with E-state index in [1.807, 2.05) is 27.2 Å². The predicted molar refractivity (Wildman–Crippen MR) is 182 cm³/mol. The minimum atomic E-state index is -4.58. The van der Waals surface area contributed by atoms with E-state index < -0.39 is 26.6 Å². The van der Waals surface area contributed by atoms with Crippen LogP contribution in [0, 0.1) is 0 Å². The largest absolute Gasteiger partial charge is 0.756 e. The van der Waals surface area contributed by atoms with Crippen molar-refractivity contribution in [2.75, 3.05) is 40.9 Å². The molecule has 0 aliphatic heterocycles. The van der Waals surface area contributed by atoms with Crippen molar-refractivity contribution in [3.05, 3.63) is 36.5 Å². The highest BCUT2D eigenvalue weighted by Gasteiger charge is 2.23. The standard InChI is InChI=1S/C35H67N2O6P/c1-6-8-10-12-14-16-17-18-19-21-22-24-26-28-34(38)33(32-43-44(40,41)42-31-30-37(3,4)5)36-35(39)29-27-25-23-20-15-13-11-9-7-2/h19-21,23,26,28,33-34,38H,6-18,22,24-25,27,29-32H2,1-5H3,(H-,36,39,40,41)/b21-19+,23-20-,28-26+. The highest BCUT2D eigenvalue weighted by atomic mass is 31.2. The lowest BCUT2D eigenvalue weighted by molar-refractivity contribution is -0.870. The molecule has 0 aromatic heterocycles. The summed E-state index contributed by atoms with van der Waals surface area (Å²) in [6.45, 7) is 4.51. The van der Waals surface area contributed by atoms with E-state index >= 15 is 0 Å².